The third-order valence-electron chi connectivity index (χ3n) is 2.55. The molecule has 1 heterocycles. The van der Waals surface area contributed by atoms with E-state index in [0.29, 0.717) is 0 Å². The van der Waals surface area contributed by atoms with E-state index in [1.807, 2.05) is 0 Å². The molecule has 0 aromatic carbocycles. The van der Waals surface area contributed by atoms with Crippen LogP contribution in [0, 0.1) is 5.92 Å². The number of nitrogens with zero attached hydrogens (tertiary/aromatic N) is 1. The Balaban J connectivity index is 2.13. The summed E-state index contributed by atoms with van der Waals surface area (Å²) in [6, 6.07) is 0. The number of aromatic nitrogens is 2. The SMILES string of the molecule is COC(=O)C1CCc2[nH]ncc2C1. The number of methoxy groups -OCH3 is 1. The summed E-state index contributed by atoms with van der Waals surface area (Å²) in [5, 5.41) is 6.88. The summed E-state index contributed by atoms with van der Waals surface area (Å²) in [7, 11) is 1.44. The first-order valence-electron chi connectivity index (χ1n) is 4.40. The second kappa shape index (κ2) is 3.20. The average molecular weight is 180 g/mol. The third-order valence-corrected chi connectivity index (χ3v) is 2.55. The summed E-state index contributed by atoms with van der Waals surface area (Å²) in [6.45, 7) is 0. The summed E-state index contributed by atoms with van der Waals surface area (Å²) < 4.78 is 4.71. The minimum Gasteiger partial charge on any atom is -0.469 e. The molecule has 4 nitrogen and oxygen atoms in total. The Labute approximate surface area is 76.3 Å². The summed E-state index contributed by atoms with van der Waals surface area (Å²) >= 11 is 0. The average Bonchev–Trinajstić information content (AvgIpc) is 2.63. The van der Waals surface area contributed by atoms with Crippen LogP contribution in [0.1, 0.15) is 17.7 Å². The number of aryl methyl sites for hydroxylation is 1. The van der Waals surface area contributed by atoms with Gasteiger partial charge in [-0.05, 0) is 24.8 Å². The molecule has 13 heavy (non-hydrogen) atoms. The molecule has 0 saturated heterocycles. The van der Waals surface area contributed by atoms with Gasteiger partial charge in [0.1, 0.15) is 0 Å². The minimum absolute atomic E-state index is 0.0232. The summed E-state index contributed by atoms with van der Waals surface area (Å²) in [4.78, 5) is 11.2. The molecular weight excluding hydrogens is 168 g/mol. The molecule has 1 aromatic heterocycles. The lowest BCUT2D eigenvalue weighted by Gasteiger charge is -2.18. The van der Waals surface area contributed by atoms with Crippen molar-refractivity contribution in [3.8, 4) is 0 Å². The Bertz CT molecular complexity index is 319. The van der Waals surface area contributed by atoms with Crippen molar-refractivity contribution in [2.45, 2.75) is 19.3 Å². The van der Waals surface area contributed by atoms with Crippen LogP contribution < -0.4 is 0 Å². The van der Waals surface area contributed by atoms with Crippen LogP contribution >= 0.6 is 0 Å². The Hall–Kier alpha value is -1.32. The predicted octanol–water partition coefficient (Wildman–Crippen LogP) is 0.688. The van der Waals surface area contributed by atoms with Crippen molar-refractivity contribution in [2.75, 3.05) is 7.11 Å². The van der Waals surface area contributed by atoms with E-state index in [-0.39, 0.29) is 11.9 Å². The van der Waals surface area contributed by atoms with Gasteiger partial charge in [0.15, 0.2) is 0 Å². The summed E-state index contributed by atoms with van der Waals surface area (Å²) in [5.74, 6) is -0.0815. The molecule has 0 saturated carbocycles. The van der Waals surface area contributed by atoms with E-state index >= 15 is 0 Å². The second-order valence-electron chi connectivity index (χ2n) is 3.34. The second-order valence-corrected chi connectivity index (χ2v) is 3.34. The first-order chi connectivity index (χ1) is 6.31. The van der Waals surface area contributed by atoms with Gasteiger partial charge in [-0.2, -0.15) is 5.10 Å². The van der Waals surface area contributed by atoms with Crippen LogP contribution in [0.15, 0.2) is 6.20 Å². The predicted molar refractivity (Wildman–Crippen MR) is 46.1 cm³/mol. The summed E-state index contributed by atoms with van der Waals surface area (Å²) in [6.07, 6.45) is 4.32. The first kappa shape index (κ1) is 8.29. The fourth-order valence-corrected chi connectivity index (χ4v) is 1.78. The van der Waals surface area contributed by atoms with E-state index in [1.165, 1.54) is 12.8 Å². The lowest BCUT2D eigenvalue weighted by Crippen LogP contribution is -2.23. The lowest BCUT2D eigenvalue weighted by molar-refractivity contribution is -0.145. The molecule has 2 rings (SSSR count). The van der Waals surface area contributed by atoms with Gasteiger partial charge in [0, 0.05) is 5.69 Å². The lowest BCUT2D eigenvalue weighted by atomic mass is 9.88. The van der Waals surface area contributed by atoms with Gasteiger partial charge in [-0.1, -0.05) is 0 Å². The molecule has 1 N–H and O–H groups in total. The van der Waals surface area contributed by atoms with Crippen LogP contribution in [-0.2, 0) is 22.4 Å². The number of H-pyrrole nitrogens is 1. The number of rotatable bonds is 1. The highest BCUT2D eigenvalue weighted by atomic mass is 16.5. The maximum absolute atomic E-state index is 11.2. The molecule has 70 valence electrons. The van der Waals surface area contributed by atoms with Crippen molar-refractivity contribution in [3.05, 3.63) is 17.5 Å². The number of nitrogens with one attached hydrogen (secondary N) is 1. The van der Waals surface area contributed by atoms with E-state index in [9.17, 15) is 4.79 Å². The molecule has 0 radical (unpaired) electrons. The van der Waals surface area contributed by atoms with Crippen molar-refractivity contribution < 1.29 is 9.53 Å². The van der Waals surface area contributed by atoms with E-state index in [1.54, 1.807) is 6.20 Å². The van der Waals surface area contributed by atoms with Crippen molar-refractivity contribution in [3.63, 3.8) is 0 Å². The number of fused-ring (bicyclic) bond motifs is 1. The number of esters is 1. The zero-order valence-corrected chi connectivity index (χ0v) is 7.54. The molecule has 1 aromatic rings. The fraction of sp³-hybridized carbons (Fsp3) is 0.556. The van der Waals surface area contributed by atoms with Crippen LogP contribution in [0.5, 0.6) is 0 Å². The smallest absolute Gasteiger partial charge is 0.309 e. The van der Waals surface area contributed by atoms with Crippen LogP contribution in [0.4, 0.5) is 0 Å². The number of hydrogen-bond acceptors (Lipinski definition) is 3. The number of carbonyl (C=O) groups is 1. The van der Waals surface area contributed by atoms with E-state index in [2.05, 4.69) is 10.2 Å². The molecule has 0 bridgehead atoms. The van der Waals surface area contributed by atoms with E-state index in [0.717, 1.165) is 24.8 Å². The van der Waals surface area contributed by atoms with E-state index in [4.69, 9.17) is 4.74 Å². The topological polar surface area (TPSA) is 55.0 Å². The van der Waals surface area contributed by atoms with Gasteiger partial charge in [0.05, 0.1) is 19.2 Å². The zero-order chi connectivity index (χ0) is 9.26. The molecule has 1 unspecified atom stereocenters. The largest absolute Gasteiger partial charge is 0.469 e. The molecule has 0 aliphatic heterocycles. The third kappa shape index (κ3) is 1.43. The molecule has 1 aliphatic rings. The Morgan fingerprint density at radius 2 is 2.62 bits per heavy atom. The number of aromatic amines is 1. The quantitative estimate of drug-likeness (QED) is 0.647. The van der Waals surface area contributed by atoms with Crippen LogP contribution in [0.2, 0.25) is 0 Å². The normalized spacial score (nSPS) is 20.8. The minimum atomic E-state index is -0.105. The Morgan fingerprint density at radius 3 is 3.38 bits per heavy atom. The van der Waals surface area contributed by atoms with Crippen LogP contribution in [0.25, 0.3) is 0 Å². The molecule has 1 aliphatic carbocycles. The number of hydrogen-bond donors (Lipinski definition) is 1. The van der Waals surface area contributed by atoms with Gasteiger partial charge >= 0.3 is 5.97 Å². The zero-order valence-electron chi connectivity index (χ0n) is 7.54. The number of ether oxygens (including phenoxy) is 1. The molecule has 0 amide bonds. The van der Waals surface area contributed by atoms with Crippen molar-refractivity contribution in [1.82, 2.24) is 10.2 Å². The Kier molecular flexibility index (Phi) is 2.04. The first-order valence-corrected chi connectivity index (χ1v) is 4.40. The Morgan fingerprint density at radius 1 is 1.77 bits per heavy atom. The highest BCUT2D eigenvalue weighted by molar-refractivity contribution is 5.73. The van der Waals surface area contributed by atoms with Gasteiger partial charge in [-0.15, -0.1) is 0 Å². The maximum atomic E-state index is 11.2. The van der Waals surface area contributed by atoms with Crippen molar-refractivity contribution in [2.24, 2.45) is 5.92 Å². The van der Waals surface area contributed by atoms with Gasteiger partial charge in [0.2, 0.25) is 0 Å². The highest BCUT2D eigenvalue weighted by Crippen LogP contribution is 2.24. The molecule has 4 heteroatoms. The van der Waals surface area contributed by atoms with Gasteiger partial charge in [-0.3, -0.25) is 9.89 Å². The monoisotopic (exact) mass is 180 g/mol. The fourth-order valence-electron chi connectivity index (χ4n) is 1.78. The number of carbonyl (C=O) groups excluding carboxylic acids is 1. The molecule has 0 fully saturated rings. The van der Waals surface area contributed by atoms with Gasteiger partial charge < -0.3 is 4.74 Å². The summed E-state index contributed by atoms with van der Waals surface area (Å²) in [5.41, 5.74) is 2.32. The molecular formula is C9H12N2O2. The van der Waals surface area contributed by atoms with Crippen LogP contribution in [-0.4, -0.2) is 23.3 Å². The van der Waals surface area contributed by atoms with Gasteiger partial charge in [-0.25, -0.2) is 0 Å². The van der Waals surface area contributed by atoms with E-state index < -0.39 is 0 Å². The highest BCUT2D eigenvalue weighted by Gasteiger charge is 2.26. The van der Waals surface area contributed by atoms with Crippen molar-refractivity contribution in [1.29, 1.82) is 0 Å². The van der Waals surface area contributed by atoms with Gasteiger partial charge in [0.25, 0.3) is 0 Å². The molecule has 1 atom stereocenters. The van der Waals surface area contributed by atoms with Crippen LogP contribution in [0.3, 0.4) is 0 Å². The standard InChI is InChI=1S/C9H12N2O2/c1-13-9(12)6-2-3-8-7(4-6)5-10-11-8/h5-6H,2-4H2,1H3,(H,10,11). The van der Waals surface area contributed by atoms with Crippen molar-refractivity contribution >= 4 is 5.97 Å². The maximum Gasteiger partial charge on any atom is 0.309 e. The molecule has 0 spiro atoms.